The third-order valence-corrected chi connectivity index (χ3v) is 3.83. The number of aliphatic hydroxyl groups excluding tert-OH is 1. The molecule has 0 heterocycles. The monoisotopic (exact) mass is 230 g/mol. The van der Waals surface area contributed by atoms with Gasteiger partial charge in [-0.3, -0.25) is 0 Å². The molecule has 2 unspecified atom stereocenters. The quantitative estimate of drug-likeness (QED) is 0.624. The largest absolute Gasteiger partial charge is 0.394 e. The molecule has 2 atom stereocenters. The van der Waals surface area contributed by atoms with Crippen LogP contribution in [0.5, 0.6) is 0 Å². The highest BCUT2D eigenvalue weighted by molar-refractivity contribution is 4.98. The molecule has 96 valence electrons. The molecule has 0 aromatic rings. The van der Waals surface area contributed by atoms with E-state index in [0.29, 0.717) is 6.04 Å². The summed E-state index contributed by atoms with van der Waals surface area (Å²) in [6.45, 7) is 4.82. The van der Waals surface area contributed by atoms with Crippen molar-refractivity contribution >= 4 is 0 Å². The zero-order chi connectivity index (χ0) is 12.0. The maximum Gasteiger partial charge on any atom is 0.0613 e. The zero-order valence-electron chi connectivity index (χ0n) is 10.8. The van der Waals surface area contributed by atoms with Crippen molar-refractivity contribution in [2.45, 2.75) is 37.8 Å². The summed E-state index contributed by atoms with van der Waals surface area (Å²) in [5, 5.41) is 12.7. The molecule has 4 nitrogen and oxygen atoms in total. The number of rotatable bonds is 7. The van der Waals surface area contributed by atoms with Gasteiger partial charge in [-0.15, -0.1) is 0 Å². The molecular weight excluding hydrogens is 204 g/mol. The van der Waals surface area contributed by atoms with Crippen LogP contribution in [0.25, 0.3) is 0 Å². The van der Waals surface area contributed by atoms with Gasteiger partial charge in [-0.2, -0.15) is 0 Å². The van der Waals surface area contributed by atoms with Crippen molar-refractivity contribution in [2.75, 3.05) is 40.5 Å². The van der Waals surface area contributed by atoms with Crippen molar-refractivity contribution < 1.29 is 9.84 Å². The van der Waals surface area contributed by atoms with Crippen LogP contribution in [-0.4, -0.2) is 62.0 Å². The topological polar surface area (TPSA) is 44.7 Å². The van der Waals surface area contributed by atoms with Crippen molar-refractivity contribution in [3.8, 4) is 0 Å². The lowest BCUT2D eigenvalue weighted by molar-refractivity contribution is 0.103. The lowest BCUT2D eigenvalue weighted by Gasteiger charge is -2.29. The number of likely N-dealkylation sites (N-methyl/N-ethyl adjacent to an activating group) is 2. The summed E-state index contributed by atoms with van der Waals surface area (Å²) < 4.78 is 5.36. The van der Waals surface area contributed by atoms with Gasteiger partial charge in [0.15, 0.2) is 0 Å². The summed E-state index contributed by atoms with van der Waals surface area (Å²) in [4.78, 5) is 2.35. The molecule has 4 heteroatoms. The van der Waals surface area contributed by atoms with E-state index >= 15 is 0 Å². The van der Waals surface area contributed by atoms with Crippen LogP contribution in [0, 0.1) is 0 Å². The van der Waals surface area contributed by atoms with E-state index in [1.807, 2.05) is 14.0 Å². The van der Waals surface area contributed by atoms with Crippen molar-refractivity contribution in [1.82, 2.24) is 10.2 Å². The molecule has 1 rings (SSSR count). The fraction of sp³-hybridized carbons (Fsp3) is 1.00. The van der Waals surface area contributed by atoms with Crippen LogP contribution in [0.3, 0.4) is 0 Å². The van der Waals surface area contributed by atoms with Gasteiger partial charge >= 0.3 is 0 Å². The third kappa shape index (κ3) is 3.42. The van der Waals surface area contributed by atoms with Crippen LogP contribution in [-0.2, 0) is 4.74 Å². The van der Waals surface area contributed by atoms with Gasteiger partial charge < -0.3 is 20.1 Å². The Labute approximate surface area is 99.0 Å². The molecular formula is C12H26N2O2. The first-order valence-electron chi connectivity index (χ1n) is 6.25. The fourth-order valence-corrected chi connectivity index (χ4v) is 2.46. The van der Waals surface area contributed by atoms with Crippen molar-refractivity contribution in [3.63, 3.8) is 0 Å². The molecule has 1 fully saturated rings. The van der Waals surface area contributed by atoms with E-state index in [9.17, 15) is 5.11 Å². The predicted molar refractivity (Wildman–Crippen MR) is 65.6 cm³/mol. The van der Waals surface area contributed by atoms with Gasteiger partial charge in [-0.1, -0.05) is 0 Å². The molecule has 0 aromatic carbocycles. The number of nitrogens with one attached hydrogen (secondary N) is 1. The Kier molecular flexibility index (Phi) is 5.69. The summed E-state index contributed by atoms with van der Waals surface area (Å²) in [6, 6.07) is 0.569. The molecule has 0 amide bonds. The van der Waals surface area contributed by atoms with Crippen LogP contribution < -0.4 is 5.32 Å². The normalized spacial score (nSPS) is 30.2. The molecule has 0 aliphatic heterocycles. The number of ether oxygens (including phenoxy) is 1. The Morgan fingerprint density at radius 2 is 2.31 bits per heavy atom. The molecule has 0 bridgehead atoms. The predicted octanol–water partition coefficient (Wildman–Crippen LogP) is 0.458. The van der Waals surface area contributed by atoms with Crippen LogP contribution in [0.2, 0.25) is 0 Å². The van der Waals surface area contributed by atoms with Gasteiger partial charge in [0.25, 0.3) is 0 Å². The highest BCUT2D eigenvalue weighted by atomic mass is 16.5. The second-order valence-electron chi connectivity index (χ2n) is 4.76. The van der Waals surface area contributed by atoms with Crippen LogP contribution in [0.4, 0.5) is 0 Å². The molecule has 2 N–H and O–H groups in total. The van der Waals surface area contributed by atoms with Crippen LogP contribution in [0.15, 0.2) is 0 Å². The zero-order valence-corrected chi connectivity index (χ0v) is 10.8. The summed E-state index contributed by atoms with van der Waals surface area (Å²) in [5.41, 5.74) is -0.0511. The van der Waals surface area contributed by atoms with Gasteiger partial charge in [-0.05, 0) is 40.3 Å². The minimum absolute atomic E-state index is 0.0511. The molecule has 1 aliphatic rings. The van der Waals surface area contributed by atoms with E-state index in [2.05, 4.69) is 17.3 Å². The molecule has 0 saturated heterocycles. The molecule has 1 aliphatic carbocycles. The smallest absolute Gasteiger partial charge is 0.0613 e. The summed E-state index contributed by atoms with van der Waals surface area (Å²) >= 11 is 0. The van der Waals surface area contributed by atoms with E-state index in [1.165, 1.54) is 0 Å². The molecule has 0 aromatic heterocycles. The van der Waals surface area contributed by atoms with Crippen molar-refractivity contribution in [3.05, 3.63) is 0 Å². The Morgan fingerprint density at radius 3 is 2.81 bits per heavy atom. The van der Waals surface area contributed by atoms with E-state index in [-0.39, 0.29) is 12.1 Å². The average molecular weight is 230 g/mol. The van der Waals surface area contributed by atoms with Crippen molar-refractivity contribution in [2.24, 2.45) is 0 Å². The highest BCUT2D eigenvalue weighted by Gasteiger charge is 2.38. The lowest BCUT2D eigenvalue weighted by Crippen LogP contribution is -2.45. The molecule has 0 radical (unpaired) electrons. The van der Waals surface area contributed by atoms with E-state index < -0.39 is 0 Å². The van der Waals surface area contributed by atoms with Gasteiger partial charge in [0.05, 0.1) is 13.2 Å². The van der Waals surface area contributed by atoms with E-state index in [0.717, 1.165) is 39.0 Å². The molecule has 16 heavy (non-hydrogen) atoms. The Morgan fingerprint density at radius 1 is 1.56 bits per heavy atom. The van der Waals surface area contributed by atoms with Gasteiger partial charge in [0.2, 0.25) is 0 Å². The Bertz CT molecular complexity index is 195. The van der Waals surface area contributed by atoms with Crippen LogP contribution >= 0.6 is 0 Å². The Hall–Kier alpha value is -0.160. The molecule has 0 spiro atoms. The number of hydrogen-bond donors (Lipinski definition) is 2. The Balaban J connectivity index is 2.34. The number of nitrogens with zero attached hydrogens (tertiary/aromatic N) is 1. The minimum atomic E-state index is -0.0511. The van der Waals surface area contributed by atoms with Crippen LogP contribution in [0.1, 0.15) is 26.2 Å². The maximum atomic E-state index is 9.42. The molecule has 1 saturated carbocycles. The average Bonchev–Trinajstić information content (AvgIpc) is 2.74. The second-order valence-corrected chi connectivity index (χ2v) is 4.76. The first kappa shape index (κ1) is 13.9. The highest BCUT2D eigenvalue weighted by Crippen LogP contribution is 2.31. The van der Waals surface area contributed by atoms with Gasteiger partial charge in [0.1, 0.15) is 0 Å². The second kappa shape index (κ2) is 6.55. The first-order chi connectivity index (χ1) is 7.67. The third-order valence-electron chi connectivity index (χ3n) is 3.83. The lowest BCUT2D eigenvalue weighted by atomic mass is 9.99. The van der Waals surface area contributed by atoms with Crippen molar-refractivity contribution in [1.29, 1.82) is 0 Å². The van der Waals surface area contributed by atoms with E-state index in [4.69, 9.17) is 4.74 Å². The summed E-state index contributed by atoms with van der Waals surface area (Å²) in [7, 11) is 4.09. The summed E-state index contributed by atoms with van der Waals surface area (Å²) in [5.74, 6) is 0. The number of aliphatic hydroxyl groups is 1. The van der Waals surface area contributed by atoms with Gasteiger partial charge in [0, 0.05) is 24.7 Å². The maximum absolute atomic E-state index is 9.42. The fourth-order valence-electron chi connectivity index (χ4n) is 2.46. The minimum Gasteiger partial charge on any atom is -0.394 e. The summed E-state index contributed by atoms with van der Waals surface area (Å²) in [6.07, 6.45) is 3.25. The van der Waals surface area contributed by atoms with Gasteiger partial charge in [-0.25, -0.2) is 0 Å². The number of hydrogen-bond acceptors (Lipinski definition) is 4. The van der Waals surface area contributed by atoms with E-state index in [1.54, 1.807) is 0 Å². The standard InChI is InChI=1S/C12H26N2O2/c1-4-16-8-7-14(3)11-5-6-12(9-11,10-15)13-2/h11,13,15H,4-10H2,1-3H3. The first-order valence-corrected chi connectivity index (χ1v) is 6.25. The SMILES string of the molecule is CCOCCN(C)C1CCC(CO)(NC)C1.